The molecular formula is C11H15NO4. The van der Waals surface area contributed by atoms with Gasteiger partial charge in [0.05, 0.1) is 18.3 Å². The average molecular weight is 225 g/mol. The van der Waals surface area contributed by atoms with E-state index in [-0.39, 0.29) is 36.6 Å². The molecule has 2 rings (SSSR count). The van der Waals surface area contributed by atoms with E-state index >= 15 is 0 Å². The molecule has 2 aliphatic rings. The van der Waals surface area contributed by atoms with Crippen LogP contribution < -0.4 is 0 Å². The minimum atomic E-state index is -0.976. The van der Waals surface area contributed by atoms with E-state index in [9.17, 15) is 14.4 Å². The van der Waals surface area contributed by atoms with Crippen LogP contribution in [0.3, 0.4) is 0 Å². The van der Waals surface area contributed by atoms with Gasteiger partial charge in [-0.05, 0) is 12.8 Å². The molecule has 0 radical (unpaired) electrons. The average Bonchev–Trinajstić information content (AvgIpc) is 2.50. The normalized spacial score (nSPS) is 29.4. The van der Waals surface area contributed by atoms with Crippen molar-refractivity contribution in [3.05, 3.63) is 0 Å². The minimum Gasteiger partial charge on any atom is -0.481 e. The highest BCUT2D eigenvalue weighted by atomic mass is 16.4. The van der Waals surface area contributed by atoms with Gasteiger partial charge in [0, 0.05) is 6.54 Å². The summed E-state index contributed by atoms with van der Waals surface area (Å²) in [6.45, 7) is 0.0278. The molecule has 1 N–H and O–H groups in total. The lowest BCUT2D eigenvalue weighted by atomic mass is 9.81. The maximum Gasteiger partial charge on any atom is 0.305 e. The number of rotatable bonds is 3. The van der Waals surface area contributed by atoms with Gasteiger partial charge in [-0.3, -0.25) is 19.3 Å². The third kappa shape index (κ3) is 1.81. The molecule has 2 atom stereocenters. The summed E-state index contributed by atoms with van der Waals surface area (Å²) >= 11 is 0. The predicted molar refractivity (Wildman–Crippen MR) is 54.4 cm³/mol. The topological polar surface area (TPSA) is 74.7 Å². The van der Waals surface area contributed by atoms with Gasteiger partial charge in [0.15, 0.2) is 0 Å². The molecule has 2 amide bonds. The monoisotopic (exact) mass is 225 g/mol. The summed E-state index contributed by atoms with van der Waals surface area (Å²) in [5, 5.41) is 8.56. The van der Waals surface area contributed by atoms with Crippen molar-refractivity contribution < 1.29 is 19.5 Å². The number of hydrogen-bond donors (Lipinski definition) is 1. The molecule has 0 aromatic heterocycles. The molecule has 0 aromatic rings. The van der Waals surface area contributed by atoms with Crippen molar-refractivity contribution in [1.29, 1.82) is 0 Å². The van der Waals surface area contributed by atoms with Crippen LogP contribution in [0.4, 0.5) is 0 Å². The smallest absolute Gasteiger partial charge is 0.305 e. The number of carbonyl (C=O) groups excluding carboxylic acids is 2. The molecule has 1 saturated heterocycles. The number of carboxylic acids is 1. The van der Waals surface area contributed by atoms with Crippen LogP contribution in [0.1, 0.15) is 32.1 Å². The summed E-state index contributed by atoms with van der Waals surface area (Å²) in [4.78, 5) is 35.3. The number of nitrogens with zero attached hydrogens (tertiary/aromatic N) is 1. The maximum atomic E-state index is 11.9. The second-order valence-corrected chi connectivity index (χ2v) is 4.47. The Bertz CT molecular complexity index is 315. The second-order valence-electron chi connectivity index (χ2n) is 4.47. The highest BCUT2D eigenvalue weighted by Gasteiger charge is 2.47. The van der Waals surface area contributed by atoms with E-state index in [0.717, 1.165) is 30.6 Å². The van der Waals surface area contributed by atoms with Crippen LogP contribution >= 0.6 is 0 Å². The number of hydrogen-bond acceptors (Lipinski definition) is 3. The first kappa shape index (κ1) is 11.1. The zero-order valence-electron chi connectivity index (χ0n) is 9.02. The molecule has 0 aromatic carbocycles. The number of likely N-dealkylation sites (tertiary alicyclic amines) is 1. The summed E-state index contributed by atoms with van der Waals surface area (Å²) in [7, 11) is 0. The summed E-state index contributed by atoms with van der Waals surface area (Å²) < 4.78 is 0. The summed E-state index contributed by atoms with van der Waals surface area (Å²) in [6, 6.07) is 0. The van der Waals surface area contributed by atoms with Crippen molar-refractivity contribution in [3.63, 3.8) is 0 Å². The number of aliphatic carboxylic acids is 1. The molecule has 0 spiro atoms. The molecular weight excluding hydrogens is 210 g/mol. The van der Waals surface area contributed by atoms with Crippen LogP contribution in [-0.2, 0) is 14.4 Å². The lowest BCUT2D eigenvalue weighted by Gasteiger charge is -2.19. The minimum absolute atomic E-state index is 0.0278. The van der Waals surface area contributed by atoms with Crippen molar-refractivity contribution in [1.82, 2.24) is 4.90 Å². The Morgan fingerprint density at radius 2 is 1.69 bits per heavy atom. The van der Waals surface area contributed by atoms with Gasteiger partial charge < -0.3 is 5.11 Å². The van der Waals surface area contributed by atoms with E-state index in [4.69, 9.17) is 5.11 Å². The van der Waals surface area contributed by atoms with Gasteiger partial charge in [-0.1, -0.05) is 12.8 Å². The number of carboxylic acid groups (broad SMARTS) is 1. The number of carbonyl (C=O) groups is 3. The van der Waals surface area contributed by atoms with E-state index in [2.05, 4.69) is 0 Å². The molecule has 5 heteroatoms. The summed E-state index contributed by atoms with van der Waals surface area (Å²) in [5.74, 6) is -1.63. The van der Waals surface area contributed by atoms with E-state index < -0.39 is 5.97 Å². The number of amides is 2. The maximum absolute atomic E-state index is 11.9. The Kier molecular flexibility index (Phi) is 2.94. The lowest BCUT2D eigenvalue weighted by molar-refractivity contribution is -0.142. The van der Waals surface area contributed by atoms with Crippen LogP contribution in [0.25, 0.3) is 0 Å². The van der Waals surface area contributed by atoms with Crippen molar-refractivity contribution in [2.45, 2.75) is 32.1 Å². The van der Waals surface area contributed by atoms with E-state index in [1.165, 1.54) is 0 Å². The quantitative estimate of drug-likeness (QED) is 0.715. The highest BCUT2D eigenvalue weighted by Crippen LogP contribution is 2.37. The molecule has 1 saturated carbocycles. The first-order valence-electron chi connectivity index (χ1n) is 5.68. The second kappa shape index (κ2) is 4.23. The zero-order valence-corrected chi connectivity index (χ0v) is 9.02. The van der Waals surface area contributed by atoms with Gasteiger partial charge in [-0.15, -0.1) is 0 Å². The van der Waals surface area contributed by atoms with Crippen molar-refractivity contribution >= 4 is 17.8 Å². The van der Waals surface area contributed by atoms with Gasteiger partial charge in [0.1, 0.15) is 0 Å². The van der Waals surface area contributed by atoms with Crippen LogP contribution in [0, 0.1) is 11.8 Å². The molecule has 5 nitrogen and oxygen atoms in total. The predicted octanol–water partition coefficient (Wildman–Crippen LogP) is 0.636. The fourth-order valence-corrected chi connectivity index (χ4v) is 2.66. The van der Waals surface area contributed by atoms with Crippen molar-refractivity contribution in [2.24, 2.45) is 11.8 Å². The van der Waals surface area contributed by atoms with Crippen molar-refractivity contribution in [3.8, 4) is 0 Å². The van der Waals surface area contributed by atoms with E-state index in [1.807, 2.05) is 0 Å². The first-order valence-corrected chi connectivity index (χ1v) is 5.68. The molecule has 0 bridgehead atoms. The Morgan fingerprint density at radius 3 is 2.12 bits per heavy atom. The largest absolute Gasteiger partial charge is 0.481 e. The molecule has 2 fully saturated rings. The van der Waals surface area contributed by atoms with Gasteiger partial charge in [0.2, 0.25) is 11.8 Å². The molecule has 1 aliphatic heterocycles. The third-order valence-corrected chi connectivity index (χ3v) is 3.48. The number of imide groups is 1. The Labute approximate surface area is 93.4 Å². The van der Waals surface area contributed by atoms with Gasteiger partial charge in [-0.2, -0.15) is 0 Å². The molecule has 0 unspecified atom stereocenters. The molecule has 1 aliphatic carbocycles. The van der Waals surface area contributed by atoms with Crippen LogP contribution in [0.15, 0.2) is 0 Å². The van der Waals surface area contributed by atoms with Crippen molar-refractivity contribution in [2.75, 3.05) is 6.54 Å². The van der Waals surface area contributed by atoms with Gasteiger partial charge in [0.25, 0.3) is 0 Å². The Morgan fingerprint density at radius 1 is 1.19 bits per heavy atom. The fourth-order valence-electron chi connectivity index (χ4n) is 2.66. The Balaban J connectivity index is 2.06. The summed E-state index contributed by atoms with van der Waals surface area (Å²) in [6.07, 6.45) is 3.38. The van der Waals surface area contributed by atoms with Crippen LogP contribution in [-0.4, -0.2) is 34.3 Å². The van der Waals surface area contributed by atoms with Gasteiger partial charge in [-0.25, -0.2) is 0 Å². The number of fused-ring (bicyclic) bond motifs is 1. The zero-order chi connectivity index (χ0) is 11.7. The van der Waals surface area contributed by atoms with E-state index in [0.29, 0.717) is 0 Å². The van der Waals surface area contributed by atoms with Crippen LogP contribution in [0.2, 0.25) is 0 Å². The lowest BCUT2D eigenvalue weighted by Crippen LogP contribution is -2.33. The highest BCUT2D eigenvalue weighted by molar-refractivity contribution is 6.05. The third-order valence-electron chi connectivity index (χ3n) is 3.48. The standard InChI is InChI=1S/C11H15NO4/c13-9(14)5-6-12-10(15)7-3-1-2-4-8(7)11(12)16/h7-8H,1-6H2,(H,13,14)/t7-,8+. The van der Waals surface area contributed by atoms with Gasteiger partial charge >= 0.3 is 5.97 Å². The Hall–Kier alpha value is -1.39. The molecule has 16 heavy (non-hydrogen) atoms. The van der Waals surface area contributed by atoms with Crippen LogP contribution in [0.5, 0.6) is 0 Å². The fraction of sp³-hybridized carbons (Fsp3) is 0.727. The SMILES string of the molecule is O=C(O)CCN1C(=O)[C@H]2CCCC[C@H]2C1=O. The first-order chi connectivity index (χ1) is 7.61. The molecule has 1 heterocycles. The molecule has 88 valence electrons. The van der Waals surface area contributed by atoms with E-state index in [1.54, 1.807) is 0 Å². The summed E-state index contributed by atoms with van der Waals surface area (Å²) in [5.41, 5.74) is 0.